The Labute approximate surface area is 201 Å². The largest absolute Gasteiger partial charge is 0.494 e. The first-order valence-corrected chi connectivity index (χ1v) is 12.1. The lowest BCUT2D eigenvalue weighted by Crippen LogP contribution is -2.25. The van der Waals surface area contributed by atoms with Crippen molar-refractivity contribution in [2.45, 2.75) is 33.1 Å². The number of thiazole rings is 1. The van der Waals surface area contributed by atoms with Crippen molar-refractivity contribution in [3.8, 4) is 22.4 Å². The van der Waals surface area contributed by atoms with Gasteiger partial charge in [-0.3, -0.25) is 4.79 Å². The molecule has 0 spiro atoms. The predicted molar refractivity (Wildman–Crippen MR) is 132 cm³/mol. The first kappa shape index (κ1) is 22.2. The van der Waals surface area contributed by atoms with Gasteiger partial charge in [0.25, 0.3) is 0 Å². The first-order chi connectivity index (χ1) is 16.5. The molecular formula is C25H26N4O4S. The van der Waals surface area contributed by atoms with E-state index in [1.807, 2.05) is 57.2 Å². The van der Waals surface area contributed by atoms with E-state index in [1.54, 1.807) is 11.8 Å². The Balaban J connectivity index is 1.58. The number of anilines is 1. The molecule has 1 atom stereocenters. The Bertz CT molecular complexity index is 1380. The number of amides is 1. The van der Waals surface area contributed by atoms with Crippen LogP contribution in [0.5, 0.6) is 17.2 Å². The number of carbonyl (C=O) groups excluding carboxylic acids is 1. The Morgan fingerprint density at radius 2 is 1.94 bits per heavy atom. The van der Waals surface area contributed by atoms with E-state index in [4.69, 9.17) is 24.3 Å². The van der Waals surface area contributed by atoms with E-state index < -0.39 is 0 Å². The lowest BCUT2D eigenvalue weighted by atomic mass is 9.85. The molecule has 0 aliphatic carbocycles. The normalized spacial score (nSPS) is 15.2. The van der Waals surface area contributed by atoms with Gasteiger partial charge in [-0.25, -0.2) is 4.98 Å². The number of nitrogens with one attached hydrogen (secondary N) is 1. The summed E-state index contributed by atoms with van der Waals surface area (Å²) in [4.78, 5) is 17.5. The van der Waals surface area contributed by atoms with Crippen molar-refractivity contribution in [1.29, 1.82) is 0 Å². The molecule has 0 fully saturated rings. The molecule has 34 heavy (non-hydrogen) atoms. The van der Waals surface area contributed by atoms with E-state index in [1.165, 1.54) is 11.3 Å². The molecule has 1 aliphatic rings. The zero-order valence-electron chi connectivity index (χ0n) is 19.5. The molecule has 0 radical (unpaired) electrons. The third kappa shape index (κ3) is 3.86. The third-order valence-corrected chi connectivity index (χ3v) is 6.83. The minimum Gasteiger partial charge on any atom is -0.494 e. The van der Waals surface area contributed by atoms with E-state index in [2.05, 4.69) is 5.32 Å². The molecular weight excluding hydrogens is 452 g/mol. The molecule has 0 saturated heterocycles. The van der Waals surface area contributed by atoms with Crippen LogP contribution in [0.15, 0.2) is 36.4 Å². The van der Waals surface area contributed by atoms with Crippen LogP contribution in [-0.2, 0) is 4.79 Å². The van der Waals surface area contributed by atoms with Crippen molar-refractivity contribution >= 4 is 33.3 Å². The number of methoxy groups -OCH3 is 1. The number of nitrogens with zero attached hydrogens (tertiary/aromatic N) is 3. The predicted octanol–water partition coefficient (Wildman–Crippen LogP) is 5.07. The number of aryl methyl sites for hydroxylation is 1. The van der Waals surface area contributed by atoms with Crippen molar-refractivity contribution in [3.05, 3.63) is 53.2 Å². The summed E-state index contributed by atoms with van der Waals surface area (Å²) in [6, 6.07) is 11.7. The van der Waals surface area contributed by atoms with E-state index in [9.17, 15) is 4.79 Å². The van der Waals surface area contributed by atoms with Crippen LogP contribution in [0.25, 0.3) is 15.3 Å². The zero-order valence-corrected chi connectivity index (χ0v) is 20.4. The molecule has 1 amide bonds. The number of hydrogen-bond acceptors (Lipinski definition) is 7. The highest BCUT2D eigenvalue weighted by Gasteiger charge is 2.33. The topological polar surface area (TPSA) is 87.5 Å². The van der Waals surface area contributed by atoms with Crippen molar-refractivity contribution in [2.75, 3.05) is 25.6 Å². The zero-order chi connectivity index (χ0) is 23.8. The van der Waals surface area contributed by atoms with Gasteiger partial charge in [0.2, 0.25) is 11.0 Å². The molecule has 0 saturated carbocycles. The Hall–Kier alpha value is -3.59. The average molecular weight is 479 g/mol. The van der Waals surface area contributed by atoms with Gasteiger partial charge in [-0.05, 0) is 56.7 Å². The van der Waals surface area contributed by atoms with Crippen LogP contribution in [-0.4, -0.2) is 41.0 Å². The maximum Gasteiger partial charge on any atom is 0.226 e. The number of carbonyl (C=O) groups is 1. The fourth-order valence-corrected chi connectivity index (χ4v) is 5.34. The molecule has 2 aromatic heterocycles. The maximum atomic E-state index is 12.8. The highest BCUT2D eigenvalue weighted by molar-refractivity contribution is 7.20. The van der Waals surface area contributed by atoms with Gasteiger partial charge in [0, 0.05) is 17.9 Å². The lowest BCUT2D eigenvalue weighted by Gasteiger charge is -2.24. The third-order valence-electron chi connectivity index (χ3n) is 5.83. The Kier molecular flexibility index (Phi) is 5.87. The summed E-state index contributed by atoms with van der Waals surface area (Å²) >= 11 is 1.51. The smallest absolute Gasteiger partial charge is 0.226 e. The van der Waals surface area contributed by atoms with Crippen LogP contribution >= 0.6 is 11.3 Å². The van der Waals surface area contributed by atoms with E-state index in [0.717, 1.165) is 32.8 Å². The minimum absolute atomic E-state index is 0.0637. The molecule has 0 unspecified atom stereocenters. The second-order valence-corrected chi connectivity index (χ2v) is 8.98. The number of fused-ring (bicyclic) bond motifs is 2. The fraction of sp³-hybridized carbons (Fsp3) is 0.320. The van der Waals surface area contributed by atoms with Gasteiger partial charge in [-0.2, -0.15) is 9.78 Å². The van der Waals surface area contributed by atoms with Crippen molar-refractivity contribution in [3.63, 3.8) is 0 Å². The van der Waals surface area contributed by atoms with Crippen molar-refractivity contribution in [2.24, 2.45) is 0 Å². The summed E-state index contributed by atoms with van der Waals surface area (Å²) in [7, 11) is 1.62. The second kappa shape index (κ2) is 8.98. The number of rotatable bonds is 7. The van der Waals surface area contributed by atoms with Gasteiger partial charge in [0.1, 0.15) is 11.6 Å². The van der Waals surface area contributed by atoms with E-state index >= 15 is 0 Å². The van der Waals surface area contributed by atoms with Gasteiger partial charge in [0.15, 0.2) is 11.5 Å². The molecule has 5 rings (SSSR count). The molecule has 8 nitrogen and oxygen atoms in total. The second-order valence-electron chi connectivity index (χ2n) is 7.97. The number of hydrogen-bond donors (Lipinski definition) is 1. The number of ether oxygens (including phenoxy) is 3. The quantitative estimate of drug-likeness (QED) is 0.399. The van der Waals surface area contributed by atoms with E-state index in [0.29, 0.717) is 42.1 Å². The first-order valence-electron chi connectivity index (χ1n) is 11.3. The monoisotopic (exact) mass is 478 g/mol. The molecule has 3 heterocycles. The summed E-state index contributed by atoms with van der Waals surface area (Å²) < 4.78 is 19.6. The van der Waals surface area contributed by atoms with Crippen LogP contribution in [0.3, 0.4) is 0 Å². The van der Waals surface area contributed by atoms with Crippen molar-refractivity contribution in [1.82, 2.24) is 14.8 Å². The molecule has 2 aromatic carbocycles. The summed E-state index contributed by atoms with van der Waals surface area (Å²) in [6.45, 7) is 7.01. The van der Waals surface area contributed by atoms with Gasteiger partial charge in [-0.1, -0.05) is 17.4 Å². The fourth-order valence-electron chi connectivity index (χ4n) is 4.39. The van der Waals surface area contributed by atoms with Gasteiger partial charge >= 0.3 is 0 Å². The molecule has 4 aromatic rings. The Morgan fingerprint density at radius 1 is 1.12 bits per heavy atom. The minimum atomic E-state index is -0.152. The number of aromatic nitrogens is 3. The Morgan fingerprint density at radius 3 is 2.71 bits per heavy atom. The molecule has 9 heteroatoms. The van der Waals surface area contributed by atoms with Gasteiger partial charge in [-0.15, -0.1) is 0 Å². The van der Waals surface area contributed by atoms with Gasteiger partial charge < -0.3 is 19.5 Å². The highest BCUT2D eigenvalue weighted by Crippen LogP contribution is 2.43. The molecule has 0 bridgehead atoms. The van der Waals surface area contributed by atoms with Gasteiger partial charge in [0.05, 0.1) is 36.2 Å². The summed E-state index contributed by atoms with van der Waals surface area (Å²) in [5.41, 5.74) is 3.67. The molecule has 1 aliphatic heterocycles. The lowest BCUT2D eigenvalue weighted by molar-refractivity contribution is -0.116. The standard InChI is InChI=1S/C25H26N4O4S/c1-5-32-16-8-9-18-21(12-16)34-25(26-18)29-24-23(14(3)28-29)17(13-22(30)27-24)15-7-10-19(33-6-2)20(11-15)31-4/h7-12,17H,5-6,13H2,1-4H3,(H,27,30)/t17-/m0/s1. The van der Waals surface area contributed by atoms with E-state index in [-0.39, 0.29) is 11.8 Å². The molecule has 1 N–H and O–H groups in total. The van der Waals surface area contributed by atoms with Crippen LogP contribution in [0, 0.1) is 6.92 Å². The van der Waals surface area contributed by atoms with Crippen LogP contribution < -0.4 is 19.5 Å². The summed E-state index contributed by atoms with van der Waals surface area (Å²) in [5.74, 6) is 2.58. The summed E-state index contributed by atoms with van der Waals surface area (Å²) in [6.07, 6.45) is 0.328. The van der Waals surface area contributed by atoms with Crippen LogP contribution in [0.1, 0.15) is 43.0 Å². The maximum absolute atomic E-state index is 12.8. The number of benzene rings is 2. The average Bonchev–Trinajstić information content (AvgIpc) is 3.39. The SMILES string of the molecule is CCOc1ccc2nc(-n3nc(C)c4c3NC(=O)C[C@H]4c3ccc(OCC)c(OC)c3)sc2c1. The highest BCUT2D eigenvalue weighted by atomic mass is 32.1. The van der Waals surface area contributed by atoms with Crippen LogP contribution in [0.2, 0.25) is 0 Å². The van der Waals surface area contributed by atoms with Crippen LogP contribution in [0.4, 0.5) is 5.82 Å². The molecule has 176 valence electrons. The summed E-state index contributed by atoms with van der Waals surface area (Å²) in [5, 5.41) is 8.50. The van der Waals surface area contributed by atoms with Crippen molar-refractivity contribution < 1.29 is 19.0 Å².